The molecule has 3 nitrogen and oxygen atoms in total. The van der Waals surface area contributed by atoms with Gasteiger partial charge in [0.2, 0.25) is 0 Å². The molecule has 1 saturated carbocycles. The maximum atomic E-state index is 10.1. The van der Waals surface area contributed by atoms with Crippen LogP contribution in [-0.4, -0.2) is 42.3 Å². The van der Waals surface area contributed by atoms with Gasteiger partial charge in [-0.15, -0.1) is 0 Å². The summed E-state index contributed by atoms with van der Waals surface area (Å²) in [6.45, 7) is 2.55. The summed E-state index contributed by atoms with van der Waals surface area (Å²) < 4.78 is 0. The molecule has 0 aliphatic heterocycles. The van der Waals surface area contributed by atoms with Crippen molar-refractivity contribution in [1.82, 2.24) is 4.90 Å². The summed E-state index contributed by atoms with van der Waals surface area (Å²) in [4.78, 5) is 2.19. The summed E-state index contributed by atoms with van der Waals surface area (Å²) in [5.41, 5.74) is 5.03. The van der Waals surface area contributed by atoms with E-state index in [1.807, 2.05) is 0 Å². The number of nitrogens with two attached hydrogens (primary N) is 1. The maximum Gasteiger partial charge on any atom is 0.0774 e. The highest BCUT2D eigenvalue weighted by atomic mass is 16.3. The van der Waals surface area contributed by atoms with Gasteiger partial charge in [-0.3, -0.25) is 0 Å². The maximum absolute atomic E-state index is 10.1. The van der Waals surface area contributed by atoms with Crippen LogP contribution in [0, 0.1) is 0 Å². The van der Waals surface area contributed by atoms with Crippen molar-refractivity contribution in [3.8, 4) is 0 Å². The first-order chi connectivity index (χ1) is 6.16. The second-order valence-corrected chi connectivity index (χ2v) is 4.31. The van der Waals surface area contributed by atoms with E-state index in [0.717, 1.165) is 38.9 Å². The van der Waals surface area contributed by atoms with Crippen molar-refractivity contribution in [2.75, 3.05) is 26.7 Å². The number of hydrogen-bond acceptors (Lipinski definition) is 3. The molecule has 3 heteroatoms. The molecule has 3 N–H and O–H groups in total. The average molecular weight is 186 g/mol. The van der Waals surface area contributed by atoms with E-state index < -0.39 is 5.60 Å². The standard InChI is InChI=1S/C10H22N2O/c1-12(8-4-7-11)9-10(13)5-2-3-6-10/h13H,2-9,11H2,1H3. The third-order valence-electron chi connectivity index (χ3n) is 2.84. The van der Waals surface area contributed by atoms with Crippen LogP contribution in [0.25, 0.3) is 0 Å². The van der Waals surface area contributed by atoms with E-state index in [2.05, 4.69) is 11.9 Å². The van der Waals surface area contributed by atoms with Crippen LogP contribution in [-0.2, 0) is 0 Å². The third kappa shape index (κ3) is 3.63. The zero-order chi connectivity index (χ0) is 9.73. The smallest absolute Gasteiger partial charge is 0.0774 e. The van der Waals surface area contributed by atoms with Gasteiger partial charge in [-0.2, -0.15) is 0 Å². The quantitative estimate of drug-likeness (QED) is 0.660. The van der Waals surface area contributed by atoms with Crippen molar-refractivity contribution in [3.63, 3.8) is 0 Å². The van der Waals surface area contributed by atoms with Crippen molar-refractivity contribution < 1.29 is 5.11 Å². The lowest BCUT2D eigenvalue weighted by Crippen LogP contribution is -2.39. The predicted molar refractivity (Wildman–Crippen MR) is 54.6 cm³/mol. The summed E-state index contributed by atoms with van der Waals surface area (Å²) >= 11 is 0. The average Bonchev–Trinajstić information content (AvgIpc) is 2.48. The van der Waals surface area contributed by atoms with E-state index in [0.29, 0.717) is 0 Å². The normalized spacial score (nSPS) is 21.2. The molecule has 0 amide bonds. The molecule has 0 aromatic heterocycles. The van der Waals surface area contributed by atoms with Crippen LogP contribution >= 0.6 is 0 Å². The van der Waals surface area contributed by atoms with Crippen molar-refractivity contribution in [2.24, 2.45) is 5.73 Å². The van der Waals surface area contributed by atoms with Gasteiger partial charge in [-0.05, 0) is 39.4 Å². The van der Waals surface area contributed by atoms with E-state index in [4.69, 9.17) is 5.73 Å². The van der Waals surface area contributed by atoms with Gasteiger partial charge in [0.25, 0.3) is 0 Å². The van der Waals surface area contributed by atoms with E-state index in [9.17, 15) is 5.11 Å². The fourth-order valence-corrected chi connectivity index (χ4v) is 2.13. The van der Waals surface area contributed by atoms with Gasteiger partial charge >= 0.3 is 0 Å². The van der Waals surface area contributed by atoms with Crippen LogP contribution in [0.3, 0.4) is 0 Å². The summed E-state index contributed by atoms with van der Waals surface area (Å²) in [6, 6.07) is 0. The van der Waals surface area contributed by atoms with E-state index in [1.165, 1.54) is 12.8 Å². The van der Waals surface area contributed by atoms with Gasteiger partial charge < -0.3 is 15.7 Å². The highest BCUT2D eigenvalue weighted by Gasteiger charge is 2.31. The first-order valence-corrected chi connectivity index (χ1v) is 5.27. The summed E-state index contributed by atoms with van der Waals surface area (Å²) in [7, 11) is 2.06. The molecule has 78 valence electrons. The highest BCUT2D eigenvalue weighted by Crippen LogP contribution is 2.29. The molecule has 1 aliphatic rings. The summed E-state index contributed by atoms with van der Waals surface area (Å²) in [5, 5.41) is 10.1. The van der Waals surface area contributed by atoms with Crippen LogP contribution in [0.15, 0.2) is 0 Å². The number of likely N-dealkylation sites (N-methyl/N-ethyl adjacent to an activating group) is 1. The molecular formula is C10H22N2O. The molecule has 0 bridgehead atoms. The molecular weight excluding hydrogens is 164 g/mol. The molecule has 0 radical (unpaired) electrons. The fraction of sp³-hybridized carbons (Fsp3) is 1.00. The molecule has 0 spiro atoms. The zero-order valence-corrected chi connectivity index (χ0v) is 8.63. The predicted octanol–water partition coefficient (Wildman–Crippen LogP) is 0.572. The second kappa shape index (κ2) is 4.94. The Labute approximate surface area is 80.9 Å². The van der Waals surface area contributed by atoms with Crippen molar-refractivity contribution in [3.05, 3.63) is 0 Å². The lowest BCUT2D eigenvalue weighted by molar-refractivity contribution is 0.0163. The minimum atomic E-state index is -0.399. The first-order valence-electron chi connectivity index (χ1n) is 5.27. The van der Waals surface area contributed by atoms with Gasteiger partial charge in [0.1, 0.15) is 0 Å². The number of hydrogen-bond donors (Lipinski definition) is 2. The lowest BCUT2D eigenvalue weighted by Gasteiger charge is -2.28. The molecule has 0 aromatic carbocycles. The number of rotatable bonds is 5. The van der Waals surface area contributed by atoms with E-state index >= 15 is 0 Å². The van der Waals surface area contributed by atoms with E-state index in [1.54, 1.807) is 0 Å². The summed E-state index contributed by atoms with van der Waals surface area (Å²) in [6.07, 6.45) is 5.33. The first kappa shape index (κ1) is 11.0. The van der Waals surface area contributed by atoms with E-state index in [-0.39, 0.29) is 0 Å². The third-order valence-corrected chi connectivity index (χ3v) is 2.84. The van der Waals surface area contributed by atoms with Crippen molar-refractivity contribution in [2.45, 2.75) is 37.7 Å². The Hall–Kier alpha value is -0.120. The lowest BCUT2D eigenvalue weighted by atomic mass is 10.0. The Bertz CT molecular complexity index is 144. The van der Waals surface area contributed by atoms with Crippen molar-refractivity contribution >= 4 is 0 Å². The number of aliphatic hydroxyl groups is 1. The van der Waals surface area contributed by atoms with Gasteiger partial charge in [-0.25, -0.2) is 0 Å². The minimum Gasteiger partial charge on any atom is -0.389 e. The molecule has 0 heterocycles. The van der Waals surface area contributed by atoms with Crippen LogP contribution in [0.4, 0.5) is 0 Å². The largest absolute Gasteiger partial charge is 0.389 e. The molecule has 1 fully saturated rings. The monoisotopic (exact) mass is 186 g/mol. The highest BCUT2D eigenvalue weighted by molar-refractivity contribution is 4.86. The van der Waals surface area contributed by atoms with Gasteiger partial charge in [0.15, 0.2) is 0 Å². The van der Waals surface area contributed by atoms with Gasteiger partial charge in [0, 0.05) is 6.54 Å². The molecule has 1 rings (SSSR count). The molecule has 0 unspecified atom stereocenters. The van der Waals surface area contributed by atoms with Gasteiger partial charge in [0.05, 0.1) is 5.60 Å². The molecule has 0 saturated heterocycles. The van der Waals surface area contributed by atoms with Gasteiger partial charge in [-0.1, -0.05) is 12.8 Å². The Morgan fingerprint density at radius 2 is 2.00 bits per heavy atom. The molecule has 0 aromatic rings. The second-order valence-electron chi connectivity index (χ2n) is 4.31. The van der Waals surface area contributed by atoms with Crippen LogP contribution in [0.2, 0.25) is 0 Å². The SMILES string of the molecule is CN(CCCN)CC1(O)CCCC1. The van der Waals surface area contributed by atoms with Crippen LogP contribution < -0.4 is 5.73 Å². The van der Waals surface area contributed by atoms with Crippen molar-refractivity contribution in [1.29, 1.82) is 0 Å². The zero-order valence-electron chi connectivity index (χ0n) is 8.63. The Balaban J connectivity index is 2.21. The number of nitrogens with zero attached hydrogens (tertiary/aromatic N) is 1. The molecule has 0 atom stereocenters. The molecule has 1 aliphatic carbocycles. The Morgan fingerprint density at radius 3 is 2.54 bits per heavy atom. The Kier molecular flexibility index (Phi) is 4.16. The van der Waals surface area contributed by atoms with Crippen LogP contribution in [0.5, 0.6) is 0 Å². The molecule has 13 heavy (non-hydrogen) atoms. The topological polar surface area (TPSA) is 49.5 Å². The Morgan fingerprint density at radius 1 is 1.38 bits per heavy atom. The fourth-order valence-electron chi connectivity index (χ4n) is 2.13. The summed E-state index contributed by atoms with van der Waals surface area (Å²) in [5.74, 6) is 0. The minimum absolute atomic E-state index is 0.399. The van der Waals surface area contributed by atoms with Crippen LogP contribution in [0.1, 0.15) is 32.1 Å².